The molecule has 0 aromatic carbocycles. The molecule has 2 rings (SSSR count). The number of nitrogens with two attached hydrogens (primary N) is 1. The van der Waals surface area contributed by atoms with Crippen LogP contribution < -0.4 is 11.4 Å². The minimum atomic E-state index is -4.67. The molecule has 1 aromatic rings. The van der Waals surface area contributed by atoms with E-state index < -0.39 is 38.6 Å². The van der Waals surface area contributed by atoms with Crippen molar-refractivity contribution in [3.63, 3.8) is 0 Å². The fourth-order valence-electron chi connectivity index (χ4n) is 1.87. The minimum absolute atomic E-state index is 0.0109. The summed E-state index contributed by atoms with van der Waals surface area (Å²) in [5.74, 6) is -0.127. The molecule has 0 aliphatic carbocycles. The van der Waals surface area contributed by atoms with Crippen LogP contribution in [-0.2, 0) is 13.8 Å². The van der Waals surface area contributed by atoms with Crippen molar-refractivity contribution in [3.05, 3.63) is 21.7 Å². The molecule has 0 spiro atoms. The van der Waals surface area contributed by atoms with Gasteiger partial charge in [-0.05, 0) is 0 Å². The van der Waals surface area contributed by atoms with Gasteiger partial charge in [-0.1, -0.05) is 11.6 Å². The number of anilines is 1. The van der Waals surface area contributed by atoms with Gasteiger partial charge in [-0.25, -0.2) is 9.36 Å². The van der Waals surface area contributed by atoms with Gasteiger partial charge in [-0.2, -0.15) is 4.98 Å². The average molecular weight is 342 g/mol. The van der Waals surface area contributed by atoms with Crippen molar-refractivity contribution in [2.75, 3.05) is 12.3 Å². The van der Waals surface area contributed by atoms with Crippen LogP contribution in [0.4, 0.5) is 5.82 Å². The van der Waals surface area contributed by atoms with Crippen LogP contribution in [-0.4, -0.2) is 43.3 Å². The standard InChI is InChI=1S/C9H13ClN3O7P/c10-4-2-13(9(15)12-8(4)11)7-1-5(14)6(20-7)3-19-21(16,17)18/h2,5-7,14H,1,3H2,(H2,11,12,15)(H2,16,17,18)/t5-,6+,7+/m0/s1. The number of phosphoric acid groups is 1. The lowest BCUT2D eigenvalue weighted by Gasteiger charge is -2.16. The van der Waals surface area contributed by atoms with Crippen LogP contribution in [0.2, 0.25) is 5.02 Å². The third-order valence-corrected chi connectivity index (χ3v) is 3.63. The quantitative estimate of drug-likeness (QED) is 0.516. The van der Waals surface area contributed by atoms with Gasteiger partial charge in [0.25, 0.3) is 0 Å². The number of hydrogen-bond acceptors (Lipinski definition) is 7. The van der Waals surface area contributed by atoms with E-state index in [1.165, 1.54) is 6.20 Å². The summed E-state index contributed by atoms with van der Waals surface area (Å²) in [7, 11) is -4.67. The summed E-state index contributed by atoms with van der Waals surface area (Å²) in [5.41, 5.74) is 4.67. The maximum Gasteiger partial charge on any atom is 0.469 e. The van der Waals surface area contributed by atoms with Crippen molar-refractivity contribution in [1.82, 2.24) is 9.55 Å². The van der Waals surface area contributed by atoms with Crippen LogP contribution in [0.5, 0.6) is 0 Å². The SMILES string of the molecule is Nc1nc(=O)n([C@H]2C[C@H](O)[C@@H](COP(=O)(O)O)O2)cc1Cl. The van der Waals surface area contributed by atoms with E-state index in [2.05, 4.69) is 9.51 Å². The molecule has 5 N–H and O–H groups in total. The molecular weight excluding hydrogens is 329 g/mol. The molecule has 0 amide bonds. The summed E-state index contributed by atoms with van der Waals surface area (Å²) in [6.45, 7) is -0.521. The van der Waals surface area contributed by atoms with E-state index in [1.807, 2.05) is 0 Å². The molecule has 10 nitrogen and oxygen atoms in total. The van der Waals surface area contributed by atoms with E-state index in [4.69, 9.17) is 31.9 Å². The first-order valence-corrected chi connectivity index (χ1v) is 7.66. The molecular formula is C9H13ClN3O7P. The lowest BCUT2D eigenvalue weighted by Crippen LogP contribution is -2.28. The first-order chi connectivity index (χ1) is 9.67. The zero-order valence-electron chi connectivity index (χ0n) is 10.5. The highest BCUT2D eigenvalue weighted by atomic mass is 35.5. The molecule has 3 atom stereocenters. The monoisotopic (exact) mass is 341 g/mol. The molecule has 0 unspecified atom stereocenters. The highest BCUT2D eigenvalue weighted by molar-refractivity contribution is 7.46. The lowest BCUT2D eigenvalue weighted by molar-refractivity contribution is -0.0450. The molecule has 1 aromatic heterocycles. The number of hydrogen-bond donors (Lipinski definition) is 4. The van der Waals surface area contributed by atoms with Crippen LogP contribution in [0.3, 0.4) is 0 Å². The van der Waals surface area contributed by atoms with Gasteiger partial charge in [-0.15, -0.1) is 0 Å². The Morgan fingerprint density at radius 1 is 1.62 bits per heavy atom. The zero-order chi connectivity index (χ0) is 15.8. The maximum absolute atomic E-state index is 11.7. The highest BCUT2D eigenvalue weighted by Gasteiger charge is 2.37. The van der Waals surface area contributed by atoms with Crippen molar-refractivity contribution < 1.29 is 28.7 Å². The van der Waals surface area contributed by atoms with Gasteiger partial charge in [-0.3, -0.25) is 9.09 Å². The number of rotatable bonds is 4. The van der Waals surface area contributed by atoms with E-state index in [0.29, 0.717) is 0 Å². The zero-order valence-corrected chi connectivity index (χ0v) is 12.1. The Kier molecular flexibility index (Phi) is 4.69. The molecule has 118 valence electrons. The molecule has 1 fully saturated rings. The smallest absolute Gasteiger partial charge is 0.390 e. The van der Waals surface area contributed by atoms with E-state index >= 15 is 0 Å². The summed E-state index contributed by atoms with van der Waals surface area (Å²) in [6.07, 6.45) is -1.72. The summed E-state index contributed by atoms with van der Waals surface area (Å²) in [6, 6.07) is 0. The second-order valence-corrected chi connectivity index (χ2v) is 6.03. The van der Waals surface area contributed by atoms with Crippen molar-refractivity contribution in [1.29, 1.82) is 0 Å². The van der Waals surface area contributed by atoms with E-state index in [0.717, 1.165) is 4.57 Å². The van der Waals surface area contributed by atoms with Crippen molar-refractivity contribution >= 4 is 25.2 Å². The van der Waals surface area contributed by atoms with Crippen molar-refractivity contribution in [2.45, 2.75) is 24.9 Å². The molecule has 0 saturated carbocycles. The second kappa shape index (κ2) is 6.01. The first kappa shape index (κ1) is 16.4. The van der Waals surface area contributed by atoms with Gasteiger partial charge in [0.1, 0.15) is 18.1 Å². The van der Waals surface area contributed by atoms with Gasteiger partial charge in [0.2, 0.25) is 0 Å². The Bertz CT molecular complexity index is 632. The van der Waals surface area contributed by atoms with Gasteiger partial charge >= 0.3 is 13.5 Å². The summed E-state index contributed by atoms with van der Waals surface area (Å²) in [4.78, 5) is 32.4. The predicted molar refractivity (Wildman–Crippen MR) is 70.4 cm³/mol. The van der Waals surface area contributed by atoms with E-state index in [9.17, 15) is 14.5 Å². The largest absolute Gasteiger partial charge is 0.469 e. The normalized spacial score (nSPS) is 26.2. The predicted octanol–water partition coefficient (Wildman–Crippen LogP) is -0.763. The Morgan fingerprint density at radius 2 is 2.29 bits per heavy atom. The molecule has 1 aliphatic rings. The topological polar surface area (TPSA) is 157 Å². The molecule has 2 heterocycles. The van der Waals surface area contributed by atoms with Gasteiger partial charge in [0, 0.05) is 12.6 Å². The highest BCUT2D eigenvalue weighted by Crippen LogP contribution is 2.38. The number of phosphoric ester groups is 1. The number of halogens is 1. The van der Waals surface area contributed by atoms with Gasteiger partial charge in [0.05, 0.1) is 17.7 Å². The number of aliphatic hydroxyl groups is 1. The number of ether oxygens (including phenoxy) is 1. The maximum atomic E-state index is 11.7. The van der Waals surface area contributed by atoms with E-state index in [1.54, 1.807) is 0 Å². The van der Waals surface area contributed by atoms with Crippen LogP contribution in [0.1, 0.15) is 12.6 Å². The Balaban J connectivity index is 2.12. The molecule has 21 heavy (non-hydrogen) atoms. The Morgan fingerprint density at radius 3 is 2.90 bits per heavy atom. The van der Waals surface area contributed by atoms with Crippen LogP contribution in [0.25, 0.3) is 0 Å². The third kappa shape index (κ3) is 4.01. The van der Waals surface area contributed by atoms with Crippen molar-refractivity contribution in [2.24, 2.45) is 0 Å². The molecule has 0 radical (unpaired) electrons. The fourth-order valence-corrected chi connectivity index (χ4v) is 2.36. The summed E-state index contributed by atoms with van der Waals surface area (Å²) >= 11 is 5.77. The van der Waals surface area contributed by atoms with Gasteiger partial charge < -0.3 is 25.4 Å². The number of nitrogens with zero attached hydrogens (tertiary/aromatic N) is 2. The summed E-state index contributed by atoms with van der Waals surface area (Å²) in [5, 5.41) is 9.82. The van der Waals surface area contributed by atoms with Gasteiger partial charge in [0.15, 0.2) is 0 Å². The number of nitrogen functional groups attached to an aromatic ring is 1. The number of aromatic nitrogens is 2. The second-order valence-electron chi connectivity index (χ2n) is 4.38. The molecule has 12 heteroatoms. The van der Waals surface area contributed by atoms with Crippen LogP contribution in [0, 0.1) is 0 Å². The van der Waals surface area contributed by atoms with E-state index in [-0.39, 0.29) is 17.3 Å². The fraction of sp³-hybridized carbons (Fsp3) is 0.556. The average Bonchev–Trinajstić information content (AvgIpc) is 2.72. The lowest BCUT2D eigenvalue weighted by atomic mass is 10.2. The molecule has 1 aliphatic heterocycles. The molecule has 1 saturated heterocycles. The first-order valence-electron chi connectivity index (χ1n) is 5.75. The van der Waals surface area contributed by atoms with Crippen LogP contribution >= 0.6 is 19.4 Å². The third-order valence-electron chi connectivity index (χ3n) is 2.86. The summed E-state index contributed by atoms with van der Waals surface area (Å²) < 4.78 is 21.3. The molecule has 0 bridgehead atoms. The van der Waals surface area contributed by atoms with Crippen molar-refractivity contribution in [3.8, 4) is 0 Å². The van der Waals surface area contributed by atoms with Crippen LogP contribution in [0.15, 0.2) is 11.0 Å². The minimum Gasteiger partial charge on any atom is -0.390 e. The Hall–Kier alpha value is -1.00. The Labute approximate surface area is 123 Å². The number of aliphatic hydroxyl groups excluding tert-OH is 1.